The van der Waals surface area contributed by atoms with E-state index in [0.29, 0.717) is 0 Å². The van der Waals surface area contributed by atoms with Gasteiger partial charge in [0.25, 0.3) is 0 Å². The molecule has 0 heterocycles. The molecular formula is N12NaW-4. The van der Waals surface area contributed by atoms with E-state index < -0.39 is 0 Å². The minimum atomic E-state index is 0. The van der Waals surface area contributed by atoms with Crippen molar-refractivity contribution in [1.82, 2.24) is 0 Å². The minimum absolute atomic E-state index is 0. The minimum Gasteiger partial charge on any atom is -0.373 e. The van der Waals surface area contributed by atoms with Crippen molar-refractivity contribution in [2.24, 2.45) is 0 Å². The summed E-state index contributed by atoms with van der Waals surface area (Å²) < 4.78 is 0. The number of rotatable bonds is 0. The maximum Gasteiger partial charge on any atom is 0 e. The molecule has 0 saturated heterocycles. The largest absolute Gasteiger partial charge is 0.373 e. The van der Waals surface area contributed by atoms with E-state index in [-0.39, 0.29) is 50.6 Å². The molecule has 0 aliphatic rings. The van der Waals surface area contributed by atoms with E-state index in [9.17, 15) is 0 Å². The Morgan fingerprint density at radius 3 is 0.429 bits per heavy atom. The van der Waals surface area contributed by atoms with Gasteiger partial charge in [-0.25, -0.2) is 0 Å². The van der Waals surface area contributed by atoms with Gasteiger partial charge in [-0.3, -0.25) is 19.6 Å². The summed E-state index contributed by atoms with van der Waals surface area (Å²) in [4.78, 5) is 6.00. The van der Waals surface area contributed by atoms with Gasteiger partial charge in [0.05, 0.1) is 0 Å². The van der Waals surface area contributed by atoms with E-state index in [1.165, 1.54) is 19.6 Å². The van der Waals surface area contributed by atoms with E-state index in [1.54, 1.807) is 0 Å². The van der Waals surface area contributed by atoms with Gasteiger partial charge >= 0.3 is 0 Å². The third-order valence-electron chi connectivity index (χ3n) is 0. The van der Waals surface area contributed by atoms with Crippen LogP contribution in [0.15, 0.2) is 0 Å². The summed E-state index contributed by atoms with van der Waals surface area (Å²) in [5.41, 5.74) is 54.0. The van der Waals surface area contributed by atoms with E-state index >= 15 is 0 Å². The molecule has 14 heavy (non-hydrogen) atoms. The van der Waals surface area contributed by atoms with Crippen molar-refractivity contribution in [3.63, 3.8) is 0 Å². The molecule has 0 aromatic carbocycles. The molecule has 0 spiro atoms. The van der Waals surface area contributed by atoms with Gasteiger partial charge in [-0.15, -0.1) is 0 Å². The number of hydrogen-bond donors (Lipinski definition) is 0. The van der Waals surface area contributed by atoms with E-state index in [1.807, 2.05) is 0 Å². The molecule has 0 saturated carbocycles. The van der Waals surface area contributed by atoms with Crippen LogP contribution in [-0.2, 0) is 21.1 Å². The fourth-order valence-electron chi connectivity index (χ4n) is 0. The molecule has 0 amide bonds. The summed E-state index contributed by atoms with van der Waals surface area (Å²) in [5, 5.41) is 0. The Balaban J connectivity index is -0.0000000145. The SMILES string of the molecule is [N-]=[N+]=[N-].[N-]=[N+]=[N-].[N-]=[N+]=[N-].[N-]=[N+]=[N-].[Na].[W]. The van der Waals surface area contributed by atoms with Crippen molar-refractivity contribution < 1.29 is 21.1 Å². The van der Waals surface area contributed by atoms with Gasteiger partial charge in [0.15, 0.2) is 0 Å². The van der Waals surface area contributed by atoms with Gasteiger partial charge in [0, 0.05) is 50.6 Å². The van der Waals surface area contributed by atoms with E-state index in [2.05, 4.69) is 0 Å². The first kappa shape index (κ1) is 38.3. The summed E-state index contributed by atoms with van der Waals surface area (Å²) in [6.45, 7) is 0. The topological polar surface area (TPSA) is 235 Å². The summed E-state index contributed by atoms with van der Waals surface area (Å²) in [6, 6.07) is 0. The van der Waals surface area contributed by atoms with Gasteiger partial charge in [0.1, 0.15) is 0 Å². The van der Waals surface area contributed by atoms with Crippen molar-refractivity contribution in [2.45, 2.75) is 0 Å². The van der Waals surface area contributed by atoms with Gasteiger partial charge in [-0.2, -0.15) is 0 Å². The molecule has 71 valence electrons. The molecule has 0 aliphatic carbocycles. The van der Waals surface area contributed by atoms with Crippen molar-refractivity contribution in [3.05, 3.63) is 63.9 Å². The smallest absolute Gasteiger partial charge is 0 e. The maximum absolute atomic E-state index is 6.75. The summed E-state index contributed by atoms with van der Waals surface area (Å²) in [7, 11) is 0. The molecule has 0 bridgehead atoms. The number of hydrogen-bond acceptors (Lipinski definition) is 0. The third-order valence-corrected chi connectivity index (χ3v) is 0. The predicted molar refractivity (Wildman–Crippen MR) is 46.1 cm³/mol. The van der Waals surface area contributed by atoms with Crippen molar-refractivity contribution >= 4 is 29.6 Å². The molecule has 12 nitrogen and oxygen atoms in total. The zero-order valence-electron chi connectivity index (χ0n) is 6.77. The average Bonchev–Trinajstić information content (AvgIpc) is 1.92. The Hall–Kier alpha value is -1.07. The van der Waals surface area contributed by atoms with E-state index in [4.69, 9.17) is 44.2 Å². The first-order valence-corrected chi connectivity index (χ1v) is 1.60. The van der Waals surface area contributed by atoms with Crippen LogP contribution in [0.4, 0.5) is 0 Å². The Bertz CT molecular complexity index is 142. The molecule has 14 heteroatoms. The molecular weight excluding hydrogens is 375 g/mol. The van der Waals surface area contributed by atoms with Crippen LogP contribution in [0.1, 0.15) is 0 Å². The molecule has 0 unspecified atom stereocenters. The Morgan fingerprint density at radius 2 is 0.429 bits per heavy atom. The van der Waals surface area contributed by atoms with Gasteiger partial charge in [-0.1, -0.05) is 0 Å². The summed E-state index contributed by atoms with van der Waals surface area (Å²) in [6.07, 6.45) is 0. The van der Waals surface area contributed by atoms with Gasteiger partial charge < -0.3 is 44.2 Å². The van der Waals surface area contributed by atoms with Crippen LogP contribution in [0.3, 0.4) is 0 Å². The van der Waals surface area contributed by atoms with Gasteiger partial charge in [0.2, 0.25) is 0 Å². The van der Waals surface area contributed by atoms with Crippen LogP contribution < -0.4 is 0 Å². The molecule has 0 rings (SSSR count). The Kier molecular flexibility index (Phi) is 455. The molecule has 0 fully saturated rings. The van der Waals surface area contributed by atoms with E-state index in [0.717, 1.165) is 0 Å². The van der Waals surface area contributed by atoms with Crippen LogP contribution in [0, 0.1) is 0 Å². The predicted octanol–water partition coefficient (Wildman–Crippen LogP) is 3.08. The maximum atomic E-state index is 6.75. The number of nitrogens with zero attached hydrogens (tertiary/aromatic N) is 12. The summed E-state index contributed by atoms with van der Waals surface area (Å²) in [5.74, 6) is 0. The molecule has 0 aromatic rings. The van der Waals surface area contributed by atoms with Crippen LogP contribution in [-0.4, -0.2) is 29.6 Å². The van der Waals surface area contributed by atoms with Crippen molar-refractivity contribution in [1.29, 1.82) is 0 Å². The Morgan fingerprint density at radius 1 is 0.429 bits per heavy atom. The van der Waals surface area contributed by atoms with Crippen LogP contribution >= 0.6 is 0 Å². The normalized spacial score (nSPS) is 2.29. The second-order valence-electron chi connectivity index (χ2n) is 0.358. The standard InChI is InChI=1S/4N3.Na.W/c4*1-3-2;;/q4*-1;;. The van der Waals surface area contributed by atoms with Gasteiger partial charge in [-0.05, 0) is 0 Å². The monoisotopic (exact) mass is 375 g/mol. The first-order valence-electron chi connectivity index (χ1n) is 1.60. The fraction of sp³-hybridized carbons (Fsp3) is 0. The second-order valence-corrected chi connectivity index (χ2v) is 0.358. The molecule has 0 aromatic heterocycles. The van der Waals surface area contributed by atoms with Crippen molar-refractivity contribution in [2.75, 3.05) is 0 Å². The molecule has 0 N–H and O–H groups in total. The van der Waals surface area contributed by atoms with Crippen LogP contribution in [0.5, 0.6) is 0 Å². The van der Waals surface area contributed by atoms with Crippen LogP contribution in [0.2, 0.25) is 0 Å². The molecule has 0 aliphatic heterocycles. The van der Waals surface area contributed by atoms with Crippen LogP contribution in [0.25, 0.3) is 63.9 Å². The average molecular weight is 375 g/mol. The quantitative estimate of drug-likeness (QED) is 0.257. The second kappa shape index (κ2) is 166. The molecule has 1 radical (unpaired) electrons. The Labute approximate surface area is 114 Å². The third kappa shape index (κ3) is 938. The summed E-state index contributed by atoms with van der Waals surface area (Å²) >= 11 is 0. The van der Waals surface area contributed by atoms with Crippen molar-refractivity contribution in [3.8, 4) is 0 Å². The zero-order valence-corrected chi connectivity index (χ0v) is 11.7. The fourth-order valence-corrected chi connectivity index (χ4v) is 0. The molecule has 0 atom stereocenters. The zero-order chi connectivity index (χ0) is 10.8. The first-order chi connectivity index (χ1) is 5.66.